The summed E-state index contributed by atoms with van der Waals surface area (Å²) in [7, 11) is 0. The van der Waals surface area contributed by atoms with E-state index in [1.165, 1.54) is 0 Å². The maximum absolute atomic E-state index is 10.7. The Hall–Kier alpha value is -0.570. The van der Waals surface area contributed by atoms with Crippen LogP contribution < -0.4 is 5.32 Å². The largest absolute Gasteiger partial charge is 0.388 e. The van der Waals surface area contributed by atoms with E-state index in [4.69, 9.17) is 0 Å². The van der Waals surface area contributed by atoms with Gasteiger partial charge in [0, 0.05) is 6.42 Å². The molecule has 3 nitrogen and oxygen atoms in total. The van der Waals surface area contributed by atoms with Crippen LogP contribution in [0.1, 0.15) is 26.7 Å². The maximum atomic E-state index is 10.7. The van der Waals surface area contributed by atoms with Crippen molar-refractivity contribution < 1.29 is 9.90 Å². The van der Waals surface area contributed by atoms with E-state index in [-0.39, 0.29) is 11.9 Å². The summed E-state index contributed by atoms with van der Waals surface area (Å²) >= 11 is 0. The molecule has 1 aliphatic rings. The number of hydrogen-bond acceptors (Lipinski definition) is 2. The van der Waals surface area contributed by atoms with Gasteiger partial charge in [0.25, 0.3) is 0 Å². The highest BCUT2D eigenvalue weighted by Gasteiger charge is 2.32. The number of carbonyl (C=O) groups excluding carboxylic acids is 1. The van der Waals surface area contributed by atoms with E-state index in [9.17, 15) is 9.90 Å². The summed E-state index contributed by atoms with van der Waals surface area (Å²) in [5.74, 6) is 0.0483. The molecule has 3 heteroatoms. The van der Waals surface area contributed by atoms with E-state index in [1.54, 1.807) is 13.8 Å². The summed E-state index contributed by atoms with van der Waals surface area (Å²) in [6.45, 7) is 3.42. The molecule has 1 fully saturated rings. The summed E-state index contributed by atoms with van der Waals surface area (Å²) in [6, 6.07) is -0.0556. The molecule has 1 aliphatic heterocycles. The standard InChI is InChI=1S/C7H13NO2/c1-7(2,10)5-3-4-6(9)8-5/h5,10H,3-4H2,1-2H3,(H,8,9)/t5-/m0/s1. The summed E-state index contributed by atoms with van der Waals surface area (Å²) in [6.07, 6.45) is 1.30. The number of amides is 1. The van der Waals surface area contributed by atoms with Crippen LogP contribution >= 0.6 is 0 Å². The smallest absolute Gasteiger partial charge is 0.220 e. The van der Waals surface area contributed by atoms with Crippen LogP contribution in [0.5, 0.6) is 0 Å². The molecule has 0 bridgehead atoms. The zero-order valence-corrected chi connectivity index (χ0v) is 6.35. The van der Waals surface area contributed by atoms with Crippen molar-refractivity contribution in [3.63, 3.8) is 0 Å². The fraction of sp³-hybridized carbons (Fsp3) is 0.857. The third-order valence-electron chi connectivity index (χ3n) is 1.85. The molecule has 1 rings (SSSR count). The van der Waals surface area contributed by atoms with Gasteiger partial charge in [-0.2, -0.15) is 0 Å². The first-order valence-corrected chi connectivity index (χ1v) is 3.52. The second-order valence-electron chi connectivity index (χ2n) is 3.31. The second kappa shape index (κ2) is 2.23. The lowest BCUT2D eigenvalue weighted by atomic mass is 9.98. The molecule has 0 unspecified atom stereocenters. The molecule has 0 saturated carbocycles. The van der Waals surface area contributed by atoms with Gasteiger partial charge in [-0.05, 0) is 20.3 Å². The molecular weight excluding hydrogens is 130 g/mol. The lowest BCUT2D eigenvalue weighted by molar-refractivity contribution is -0.120. The third kappa shape index (κ3) is 1.48. The van der Waals surface area contributed by atoms with Crippen molar-refractivity contribution in [2.75, 3.05) is 0 Å². The monoisotopic (exact) mass is 143 g/mol. The summed E-state index contributed by atoms with van der Waals surface area (Å²) in [5, 5.41) is 12.1. The van der Waals surface area contributed by atoms with Gasteiger partial charge in [0.1, 0.15) is 0 Å². The van der Waals surface area contributed by atoms with E-state index in [2.05, 4.69) is 5.32 Å². The zero-order valence-electron chi connectivity index (χ0n) is 6.35. The van der Waals surface area contributed by atoms with Crippen molar-refractivity contribution >= 4 is 5.91 Å². The van der Waals surface area contributed by atoms with Crippen LogP contribution in [0.4, 0.5) is 0 Å². The van der Waals surface area contributed by atoms with Gasteiger partial charge < -0.3 is 10.4 Å². The fourth-order valence-electron chi connectivity index (χ4n) is 1.14. The van der Waals surface area contributed by atoms with E-state index in [1.807, 2.05) is 0 Å². The summed E-state index contributed by atoms with van der Waals surface area (Å²) in [5.41, 5.74) is -0.772. The van der Waals surface area contributed by atoms with Crippen molar-refractivity contribution in [1.82, 2.24) is 5.32 Å². The number of aliphatic hydroxyl groups is 1. The Morgan fingerprint density at radius 2 is 2.30 bits per heavy atom. The second-order valence-corrected chi connectivity index (χ2v) is 3.31. The quantitative estimate of drug-likeness (QED) is 0.544. The van der Waals surface area contributed by atoms with E-state index >= 15 is 0 Å². The minimum Gasteiger partial charge on any atom is -0.388 e. The number of hydrogen-bond donors (Lipinski definition) is 2. The fourth-order valence-corrected chi connectivity index (χ4v) is 1.14. The van der Waals surface area contributed by atoms with Gasteiger partial charge in [-0.15, -0.1) is 0 Å². The molecule has 1 amide bonds. The minimum absolute atomic E-state index is 0.0483. The van der Waals surface area contributed by atoms with Gasteiger partial charge in [0.05, 0.1) is 11.6 Å². The molecule has 0 aromatic heterocycles. The zero-order chi connectivity index (χ0) is 7.78. The lowest BCUT2D eigenvalue weighted by Gasteiger charge is -2.24. The highest BCUT2D eigenvalue weighted by Crippen LogP contribution is 2.18. The van der Waals surface area contributed by atoms with Crippen LogP contribution in [-0.2, 0) is 4.79 Å². The predicted molar refractivity (Wildman–Crippen MR) is 37.5 cm³/mol. The van der Waals surface area contributed by atoms with Crippen LogP contribution in [0.15, 0.2) is 0 Å². The summed E-state index contributed by atoms with van der Waals surface area (Å²) in [4.78, 5) is 10.7. The van der Waals surface area contributed by atoms with Gasteiger partial charge in [0.2, 0.25) is 5.91 Å². The molecule has 0 aliphatic carbocycles. The van der Waals surface area contributed by atoms with Crippen molar-refractivity contribution in [3.8, 4) is 0 Å². The normalized spacial score (nSPS) is 26.7. The first kappa shape index (κ1) is 7.54. The highest BCUT2D eigenvalue weighted by atomic mass is 16.3. The Labute approximate surface area is 60.4 Å². The van der Waals surface area contributed by atoms with E-state index in [0.29, 0.717) is 6.42 Å². The molecule has 0 radical (unpaired) electrons. The maximum Gasteiger partial charge on any atom is 0.220 e. The Kier molecular flexibility index (Phi) is 1.68. The highest BCUT2D eigenvalue weighted by molar-refractivity contribution is 5.78. The minimum atomic E-state index is -0.772. The Balaban J connectivity index is 2.53. The van der Waals surface area contributed by atoms with Gasteiger partial charge in [0.15, 0.2) is 0 Å². The van der Waals surface area contributed by atoms with Gasteiger partial charge in [-0.3, -0.25) is 4.79 Å². The van der Waals surface area contributed by atoms with Crippen LogP contribution in [0.3, 0.4) is 0 Å². The average molecular weight is 143 g/mol. The summed E-state index contributed by atoms with van der Waals surface area (Å²) < 4.78 is 0. The average Bonchev–Trinajstić information content (AvgIpc) is 2.11. The van der Waals surface area contributed by atoms with Gasteiger partial charge >= 0.3 is 0 Å². The Morgan fingerprint density at radius 3 is 2.50 bits per heavy atom. The molecule has 1 heterocycles. The predicted octanol–water partition coefficient (Wildman–Crippen LogP) is 0.0359. The Morgan fingerprint density at radius 1 is 1.70 bits per heavy atom. The van der Waals surface area contributed by atoms with Crippen LogP contribution in [-0.4, -0.2) is 22.7 Å². The third-order valence-corrected chi connectivity index (χ3v) is 1.85. The van der Waals surface area contributed by atoms with Crippen molar-refractivity contribution in [2.45, 2.75) is 38.3 Å². The molecule has 58 valence electrons. The molecule has 1 saturated heterocycles. The molecular formula is C7H13NO2. The molecule has 1 atom stereocenters. The number of rotatable bonds is 1. The molecule has 10 heavy (non-hydrogen) atoms. The van der Waals surface area contributed by atoms with Crippen LogP contribution in [0, 0.1) is 0 Å². The van der Waals surface area contributed by atoms with Crippen LogP contribution in [0.2, 0.25) is 0 Å². The lowest BCUT2D eigenvalue weighted by Crippen LogP contribution is -2.43. The van der Waals surface area contributed by atoms with Crippen molar-refractivity contribution in [2.24, 2.45) is 0 Å². The van der Waals surface area contributed by atoms with Gasteiger partial charge in [-0.1, -0.05) is 0 Å². The number of carbonyl (C=O) groups is 1. The molecule has 0 aromatic carbocycles. The first-order chi connectivity index (χ1) is 4.50. The topological polar surface area (TPSA) is 49.3 Å². The van der Waals surface area contributed by atoms with E-state index in [0.717, 1.165) is 6.42 Å². The first-order valence-electron chi connectivity index (χ1n) is 3.52. The van der Waals surface area contributed by atoms with Gasteiger partial charge in [-0.25, -0.2) is 0 Å². The van der Waals surface area contributed by atoms with Crippen LogP contribution in [0.25, 0.3) is 0 Å². The Bertz CT molecular complexity index is 148. The number of nitrogens with one attached hydrogen (secondary N) is 1. The molecule has 0 aromatic rings. The van der Waals surface area contributed by atoms with Crippen molar-refractivity contribution in [1.29, 1.82) is 0 Å². The molecule has 2 N–H and O–H groups in total. The van der Waals surface area contributed by atoms with Crippen molar-refractivity contribution in [3.05, 3.63) is 0 Å². The molecule has 0 spiro atoms. The SMILES string of the molecule is CC(C)(O)[C@@H]1CCC(=O)N1. The van der Waals surface area contributed by atoms with E-state index < -0.39 is 5.60 Å².